The molecular weight excluding hydrogens is 233 g/mol. The zero-order chi connectivity index (χ0) is 11.0. The molecule has 15 heavy (non-hydrogen) atoms. The van der Waals surface area contributed by atoms with E-state index in [-0.39, 0.29) is 0 Å². The Morgan fingerprint density at radius 1 is 1.40 bits per heavy atom. The van der Waals surface area contributed by atoms with E-state index in [1.807, 2.05) is 42.0 Å². The van der Waals surface area contributed by atoms with Gasteiger partial charge < -0.3 is 5.01 Å². The van der Waals surface area contributed by atoms with Crippen LogP contribution in [0.25, 0.3) is 11.0 Å². The molecule has 0 unspecified atom stereocenters. The summed E-state index contributed by atoms with van der Waals surface area (Å²) >= 11 is 11.9. The van der Waals surface area contributed by atoms with Crippen molar-refractivity contribution in [1.29, 1.82) is 0 Å². The molecule has 0 radical (unpaired) electrons. The molecule has 0 amide bonds. The fourth-order valence-corrected chi connectivity index (χ4v) is 2.02. The Hall–Kier alpha value is -0.930. The van der Waals surface area contributed by atoms with Crippen molar-refractivity contribution >= 4 is 34.2 Å². The average Bonchev–Trinajstić information content (AvgIpc) is 2.57. The van der Waals surface area contributed by atoms with Crippen molar-refractivity contribution in [2.24, 2.45) is 0 Å². The van der Waals surface area contributed by atoms with Crippen LogP contribution in [0.4, 0.5) is 0 Å². The van der Waals surface area contributed by atoms with Crippen molar-refractivity contribution in [2.45, 2.75) is 5.88 Å². The van der Waals surface area contributed by atoms with E-state index in [1.54, 1.807) is 0 Å². The lowest BCUT2D eigenvalue weighted by atomic mass is 10.3. The molecular formula is C10H11Cl2N3. The van der Waals surface area contributed by atoms with Gasteiger partial charge in [0.15, 0.2) is 0 Å². The number of nitrogens with zero attached hydrogens (tertiary/aromatic N) is 3. The van der Waals surface area contributed by atoms with Crippen molar-refractivity contribution < 1.29 is 0 Å². The molecule has 3 nitrogen and oxygen atoms in total. The Balaban J connectivity index is 2.80. The summed E-state index contributed by atoms with van der Waals surface area (Å²) in [5.74, 6) is 1.16. The summed E-state index contributed by atoms with van der Waals surface area (Å²) in [7, 11) is 3.89. The lowest BCUT2D eigenvalue weighted by Crippen LogP contribution is -2.26. The van der Waals surface area contributed by atoms with Crippen LogP contribution >= 0.6 is 23.2 Å². The molecule has 0 atom stereocenters. The van der Waals surface area contributed by atoms with Crippen molar-refractivity contribution in [3.63, 3.8) is 0 Å². The number of para-hydroxylation sites is 1. The maximum atomic E-state index is 6.07. The van der Waals surface area contributed by atoms with E-state index < -0.39 is 0 Å². The van der Waals surface area contributed by atoms with Gasteiger partial charge in [-0.05, 0) is 12.1 Å². The third-order valence-corrected chi connectivity index (χ3v) is 2.74. The van der Waals surface area contributed by atoms with Crippen LogP contribution < -0.4 is 5.01 Å². The Morgan fingerprint density at radius 2 is 2.13 bits per heavy atom. The summed E-state index contributed by atoms with van der Waals surface area (Å²) in [6, 6.07) is 5.71. The first-order chi connectivity index (χ1) is 7.15. The average molecular weight is 244 g/mol. The minimum absolute atomic E-state index is 0.364. The molecule has 5 heteroatoms. The van der Waals surface area contributed by atoms with Gasteiger partial charge in [0.2, 0.25) is 0 Å². The zero-order valence-corrected chi connectivity index (χ0v) is 10.0. The van der Waals surface area contributed by atoms with Gasteiger partial charge in [0.25, 0.3) is 0 Å². The van der Waals surface area contributed by atoms with Gasteiger partial charge in [-0.2, -0.15) is 0 Å². The highest BCUT2D eigenvalue weighted by Gasteiger charge is 2.12. The van der Waals surface area contributed by atoms with Crippen LogP contribution in [0.3, 0.4) is 0 Å². The molecule has 0 N–H and O–H groups in total. The number of aromatic nitrogens is 2. The van der Waals surface area contributed by atoms with E-state index in [4.69, 9.17) is 23.2 Å². The maximum Gasteiger partial charge on any atom is 0.143 e. The third kappa shape index (κ3) is 1.66. The minimum atomic E-state index is 0.364. The van der Waals surface area contributed by atoms with E-state index >= 15 is 0 Å². The predicted octanol–water partition coefficient (Wildman–Crippen LogP) is 2.63. The number of rotatable bonds is 2. The number of fused-ring (bicyclic) bond motifs is 1. The van der Waals surface area contributed by atoms with Gasteiger partial charge in [0.05, 0.1) is 16.4 Å². The van der Waals surface area contributed by atoms with Crippen LogP contribution in [-0.4, -0.2) is 23.8 Å². The highest BCUT2D eigenvalue weighted by molar-refractivity contribution is 6.35. The second kappa shape index (κ2) is 3.91. The smallest absolute Gasteiger partial charge is 0.143 e. The van der Waals surface area contributed by atoms with Crippen LogP contribution in [0, 0.1) is 0 Å². The second-order valence-electron chi connectivity index (χ2n) is 3.43. The summed E-state index contributed by atoms with van der Waals surface area (Å²) in [5.41, 5.74) is 1.77. The Morgan fingerprint density at radius 3 is 2.73 bits per heavy atom. The molecule has 80 valence electrons. The first kappa shape index (κ1) is 10.6. The first-order valence-electron chi connectivity index (χ1n) is 4.54. The molecule has 1 heterocycles. The molecule has 2 aromatic rings. The molecule has 0 aliphatic rings. The van der Waals surface area contributed by atoms with Gasteiger partial charge in [-0.25, -0.2) is 9.66 Å². The number of hydrogen-bond acceptors (Lipinski definition) is 2. The number of halogens is 2. The lowest BCUT2D eigenvalue weighted by molar-refractivity contribution is 0.719. The van der Waals surface area contributed by atoms with Gasteiger partial charge >= 0.3 is 0 Å². The van der Waals surface area contributed by atoms with Gasteiger partial charge in [-0.15, -0.1) is 11.6 Å². The topological polar surface area (TPSA) is 21.1 Å². The Bertz CT molecular complexity index is 491. The summed E-state index contributed by atoms with van der Waals surface area (Å²) in [4.78, 5) is 4.41. The van der Waals surface area contributed by atoms with Gasteiger partial charge in [0.1, 0.15) is 11.3 Å². The fourth-order valence-electron chi connectivity index (χ4n) is 1.63. The third-order valence-electron chi connectivity index (χ3n) is 2.20. The van der Waals surface area contributed by atoms with E-state index in [0.717, 1.165) is 16.9 Å². The first-order valence-corrected chi connectivity index (χ1v) is 5.46. The number of imidazole rings is 1. The van der Waals surface area contributed by atoms with Crippen LogP contribution in [0.1, 0.15) is 5.82 Å². The van der Waals surface area contributed by atoms with E-state index in [0.29, 0.717) is 10.9 Å². The van der Waals surface area contributed by atoms with E-state index in [2.05, 4.69) is 4.98 Å². The van der Waals surface area contributed by atoms with Crippen LogP contribution in [0.5, 0.6) is 0 Å². The SMILES string of the molecule is CN(C)n1c(CCl)nc2c(Cl)cccc21. The van der Waals surface area contributed by atoms with Crippen LogP contribution in [0.2, 0.25) is 5.02 Å². The largest absolute Gasteiger partial charge is 0.317 e. The van der Waals surface area contributed by atoms with Gasteiger partial charge in [-0.1, -0.05) is 17.7 Å². The summed E-state index contributed by atoms with van der Waals surface area (Å²) in [6.07, 6.45) is 0. The molecule has 0 aliphatic carbocycles. The molecule has 2 rings (SSSR count). The minimum Gasteiger partial charge on any atom is -0.317 e. The zero-order valence-electron chi connectivity index (χ0n) is 8.54. The van der Waals surface area contributed by atoms with Gasteiger partial charge in [-0.3, -0.25) is 0 Å². The highest BCUT2D eigenvalue weighted by atomic mass is 35.5. The Kier molecular flexibility index (Phi) is 2.76. The van der Waals surface area contributed by atoms with Crippen molar-refractivity contribution in [2.75, 3.05) is 19.1 Å². The molecule has 0 aliphatic heterocycles. The second-order valence-corrected chi connectivity index (χ2v) is 4.10. The molecule has 0 saturated heterocycles. The molecule has 1 aromatic heterocycles. The predicted molar refractivity (Wildman–Crippen MR) is 64.4 cm³/mol. The van der Waals surface area contributed by atoms with Gasteiger partial charge in [0, 0.05) is 14.1 Å². The molecule has 0 fully saturated rings. The summed E-state index contributed by atoms with van der Waals surface area (Å²) in [5, 5.41) is 2.59. The van der Waals surface area contributed by atoms with E-state index in [1.165, 1.54) is 0 Å². The molecule has 1 aromatic carbocycles. The lowest BCUT2D eigenvalue weighted by Gasteiger charge is -2.17. The van der Waals surface area contributed by atoms with Crippen LogP contribution in [0.15, 0.2) is 18.2 Å². The number of benzene rings is 1. The Labute approximate surface area is 98.2 Å². The van der Waals surface area contributed by atoms with Crippen molar-refractivity contribution in [3.8, 4) is 0 Å². The monoisotopic (exact) mass is 243 g/mol. The summed E-state index contributed by atoms with van der Waals surface area (Å²) in [6.45, 7) is 0. The molecule has 0 bridgehead atoms. The maximum absolute atomic E-state index is 6.07. The summed E-state index contributed by atoms with van der Waals surface area (Å²) < 4.78 is 1.95. The van der Waals surface area contributed by atoms with E-state index in [9.17, 15) is 0 Å². The van der Waals surface area contributed by atoms with Crippen molar-refractivity contribution in [3.05, 3.63) is 29.0 Å². The fraction of sp³-hybridized carbons (Fsp3) is 0.300. The van der Waals surface area contributed by atoms with Crippen LogP contribution in [-0.2, 0) is 5.88 Å². The molecule has 0 saturated carbocycles. The standard InChI is InChI=1S/C10H11Cl2N3/c1-14(2)15-8-5-3-4-7(12)10(8)13-9(15)6-11/h3-5H,6H2,1-2H3. The highest BCUT2D eigenvalue weighted by Crippen LogP contribution is 2.24. The molecule has 0 spiro atoms. The number of alkyl halides is 1. The number of hydrogen-bond donors (Lipinski definition) is 0. The quantitative estimate of drug-likeness (QED) is 0.757. The normalized spacial score (nSPS) is 10.9. The van der Waals surface area contributed by atoms with Crippen molar-refractivity contribution in [1.82, 2.24) is 9.66 Å².